The van der Waals surface area contributed by atoms with Crippen LogP contribution in [0.2, 0.25) is 0 Å². The lowest BCUT2D eigenvalue weighted by Gasteiger charge is -2.28. The summed E-state index contributed by atoms with van der Waals surface area (Å²) in [6.45, 7) is 8.03. The lowest BCUT2D eigenvalue weighted by molar-refractivity contribution is 0.401. The first-order valence-electron chi connectivity index (χ1n) is 6.84. The standard InChI is InChI=1S/C16H22FN3/c1-11-6-7-13(8-14(11)17)12(2)20-10-19-9-15(20)16(3,4)18-5/h6-10,12,18H,1-5H3. The van der Waals surface area contributed by atoms with Gasteiger partial charge in [0, 0.05) is 0 Å². The van der Waals surface area contributed by atoms with Crippen molar-refractivity contribution in [3.63, 3.8) is 0 Å². The lowest BCUT2D eigenvalue weighted by Crippen LogP contribution is -2.36. The topological polar surface area (TPSA) is 29.9 Å². The third-order valence-corrected chi connectivity index (χ3v) is 4.03. The van der Waals surface area contributed by atoms with E-state index in [2.05, 4.69) is 35.6 Å². The van der Waals surface area contributed by atoms with Crippen molar-refractivity contribution in [3.8, 4) is 0 Å². The summed E-state index contributed by atoms with van der Waals surface area (Å²) >= 11 is 0. The van der Waals surface area contributed by atoms with Crippen LogP contribution in [0.4, 0.5) is 4.39 Å². The highest BCUT2D eigenvalue weighted by Crippen LogP contribution is 2.26. The summed E-state index contributed by atoms with van der Waals surface area (Å²) in [4.78, 5) is 4.25. The van der Waals surface area contributed by atoms with Crippen LogP contribution in [0.25, 0.3) is 0 Å². The molecular weight excluding hydrogens is 253 g/mol. The smallest absolute Gasteiger partial charge is 0.126 e. The third-order valence-electron chi connectivity index (χ3n) is 4.03. The summed E-state index contributed by atoms with van der Waals surface area (Å²) in [5, 5.41) is 3.28. The van der Waals surface area contributed by atoms with Gasteiger partial charge in [0.05, 0.1) is 29.8 Å². The van der Waals surface area contributed by atoms with E-state index in [1.54, 1.807) is 19.3 Å². The third kappa shape index (κ3) is 2.61. The number of hydrogen-bond acceptors (Lipinski definition) is 2. The molecule has 1 aromatic carbocycles. The number of aromatic nitrogens is 2. The second-order valence-corrected chi connectivity index (χ2v) is 5.75. The molecule has 1 aromatic heterocycles. The van der Waals surface area contributed by atoms with Crippen LogP contribution in [0.3, 0.4) is 0 Å². The van der Waals surface area contributed by atoms with Crippen molar-refractivity contribution in [3.05, 3.63) is 53.4 Å². The molecule has 0 amide bonds. The second kappa shape index (κ2) is 5.37. The van der Waals surface area contributed by atoms with E-state index in [4.69, 9.17) is 0 Å². The molecule has 108 valence electrons. The first-order chi connectivity index (χ1) is 9.36. The van der Waals surface area contributed by atoms with Gasteiger partial charge in [0.15, 0.2) is 0 Å². The maximum atomic E-state index is 13.7. The maximum Gasteiger partial charge on any atom is 0.126 e. The van der Waals surface area contributed by atoms with Crippen molar-refractivity contribution in [2.75, 3.05) is 7.05 Å². The van der Waals surface area contributed by atoms with Gasteiger partial charge in [-0.05, 0) is 51.9 Å². The molecule has 3 nitrogen and oxygen atoms in total. The van der Waals surface area contributed by atoms with Crippen LogP contribution >= 0.6 is 0 Å². The van der Waals surface area contributed by atoms with Crippen molar-refractivity contribution in [1.29, 1.82) is 0 Å². The molecule has 2 rings (SSSR count). The van der Waals surface area contributed by atoms with E-state index in [9.17, 15) is 4.39 Å². The van der Waals surface area contributed by atoms with E-state index in [1.165, 1.54) is 0 Å². The molecule has 0 saturated heterocycles. The fraction of sp³-hybridized carbons (Fsp3) is 0.438. The summed E-state index contributed by atoms with van der Waals surface area (Å²) < 4.78 is 15.8. The zero-order valence-corrected chi connectivity index (χ0v) is 12.7. The number of rotatable bonds is 4. The van der Waals surface area contributed by atoms with E-state index < -0.39 is 0 Å². The van der Waals surface area contributed by atoms with Gasteiger partial charge in [-0.2, -0.15) is 0 Å². The van der Waals surface area contributed by atoms with E-state index in [-0.39, 0.29) is 17.4 Å². The highest BCUT2D eigenvalue weighted by molar-refractivity contribution is 5.27. The molecule has 1 N–H and O–H groups in total. The van der Waals surface area contributed by atoms with Gasteiger partial charge < -0.3 is 9.88 Å². The summed E-state index contributed by atoms with van der Waals surface area (Å²) in [5.41, 5.74) is 2.50. The Kier molecular flexibility index (Phi) is 3.95. The van der Waals surface area contributed by atoms with E-state index in [1.807, 2.05) is 25.4 Å². The van der Waals surface area contributed by atoms with Crippen LogP contribution in [-0.4, -0.2) is 16.6 Å². The molecule has 0 spiro atoms. The Morgan fingerprint density at radius 2 is 2.05 bits per heavy atom. The van der Waals surface area contributed by atoms with Crippen molar-refractivity contribution in [2.45, 2.75) is 39.3 Å². The minimum absolute atomic E-state index is 0.0372. The Bertz CT molecular complexity index is 602. The molecule has 1 heterocycles. The molecule has 0 aliphatic carbocycles. The highest BCUT2D eigenvalue weighted by atomic mass is 19.1. The summed E-state index contributed by atoms with van der Waals surface area (Å²) in [7, 11) is 1.92. The molecule has 0 bridgehead atoms. The largest absolute Gasteiger partial charge is 0.326 e. The SMILES string of the molecule is CNC(C)(C)c1cncn1C(C)c1ccc(C)c(F)c1. The van der Waals surface area contributed by atoms with Gasteiger partial charge in [0.1, 0.15) is 5.82 Å². The number of hydrogen-bond donors (Lipinski definition) is 1. The Balaban J connectivity index is 2.41. The van der Waals surface area contributed by atoms with Gasteiger partial charge in [0.2, 0.25) is 0 Å². The van der Waals surface area contributed by atoms with Crippen LogP contribution in [0.1, 0.15) is 43.6 Å². The Morgan fingerprint density at radius 3 is 2.65 bits per heavy atom. The number of nitrogens with one attached hydrogen (secondary N) is 1. The van der Waals surface area contributed by atoms with Crippen molar-refractivity contribution >= 4 is 0 Å². The average Bonchev–Trinajstić information content (AvgIpc) is 2.91. The van der Waals surface area contributed by atoms with Crippen LogP contribution in [0.15, 0.2) is 30.7 Å². The predicted octanol–water partition coefficient (Wildman–Crippen LogP) is 3.39. The van der Waals surface area contributed by atoms with Crippen LogP contribution in [0.5, 0.6) is 0 Å². The summed E-state index contributed by atoms with van der Waals surface area (Å²) in [5.74, 6) is -0.163. The fourth-order valence-electron chi connectivity index (χ4n) is 2.26. The number of benzene rings is 1. The van der Waals surface area contributed by atoms with Crippen molar-refractivity contribution in [1.82, 2.24) is 14.9 Å². The minimum Gasteiger partial charge on any atom is -0.326 e. The van der Waals surface area contributed by atoms with Gasteiger partial charge in [-0.15, -0.1) is 0 Å². The average molecular weight is 275 g/mol. The minimum atomic E-state index is -0.187. The molecule has 0 saturated carbocycles. The predicted molar refractivity (Wildman–Crippen MR) is 79.3 cm³/mol. The van der Waals surface area contributed by atoms with E-state index in [0.29, 0.717) is 5.56 Å². The zero-order valence-electron chi connectivity index (χ0n) is 12.7. The molecule has 20 heavy (non-hydrogen) atoms. The van der Waals surface area contributed by atoms with Gasteiger partial charge in [-0.1, -0.05) is 12.1 Å². The van der Waals surface area contributed by atoms with Crippen LogP contribution in [0, 0.1) is 12.7 Å². The number of halogens is 1. The molecule has 2 aromatic rings. The molecule has 4 heteroatoms. The molecule has 1 unspecified atom stereocenters. The first-order valence-corrected chi connectivity index (χ1v) is 6.84. The van der Waals surface area contributed by atoms with Gasteiger partial charge in [-0.25, -0.2) is 9.37 Å². The summed E-state index contributed by atoms with van der Waals surface area (Å²) in [6, 6.07) is 5.44. The normalized spacial score (nSPS) is 13.5. The lowest BCUT2D eigenvalue weighted by atomic mass is 9.99. The van der Waals surface area contributed by atoms with E-state index >= 15 is 0 Å². The van der Waals surface area contributed by atoms with Gasteiger partial charge in [-0.3, -0.25) is 0 Å². The monoisotopic (exact) mass is 275 g/mol. The summed E-state index contributed by atoms with van der Waals surface area (Å²) in [6.07, 6.45) is 3.66. The number of nitrogens with zero attached hydrogens (tertiary/aromatic N) is 2. The van der Waals surface area contributed by atoms with Crippen molar-refractivity contribution in [2.24, 2.45) is 0 Å². The molecule has 0 aliphatic heterocycles. The van der Waals surface area contributed by atoms with Gasteiger partial charge >= 0.3 is 0 Å². The molecular formula is C16H22FN3. The molecule has 0 radical (unpaired) electrons. The Hall–Kier alpha value is -1.68. The number of aryl methyl sites for hydroxylation is 1. The first kappa shape index (κ1) is 14.7. The maximum absolute atomic E-state index is 13.7. The molecule has 0 aliphatic rings. The van der Waals surface area contributed by atoms with Gasteiger partial charge in [0.25, 0.3) is 0 Å². The quantitative estimate of drug-likeness (QED) is 0.927. The Labute approximate surface area is 119 Å². The Morgan fingerprint density at radius 1 is 1.35 bits per heavy atom. The van der Waals surface area contributed by atoms with Crippen LogP contribution < -0.4 is 5.32 Å². The molecule has 1 atom stereocenters. The second-order valence-electron chi connectivity index (χ2n) is 5.75. The number of imidazole rings is 1. The highest BCUT2D eigenvalue weighted by Gasteiger charge is 2.24. The van der Waals surface area contributed by atoms with Crippen LogP contribution in [-0.2, 0) is 5.54 Å². The fourth-order valence-corrected chi connectivity index (χ4v) is 2.26. The van der Waals surface area contributed by atoms with E-state index in [0.717, 1.165) is 11.3 Å². The molecule has 0 fully saturated rings. The zero-order chi connectivity index (χ0) is 14.9. The van der Waals surface area contributed by atoms with Crippen molar-refractivity contribution < 1.29 is 4.39 Å².